The molecule has 0 aromatic heterocycles. The zero-order valence-electron chi connectivity index (χ0n) is 11.3. The summed E-state index contributed by atoms with van der Waals surface area (Å²) >= 11 is 0. The van der Waals surface area contributed by atoms with Crippen molar-refractivity contribution >= 4 is 23.2 Å². The fourth-order valence-electron chi connectivity index (χ4n) is 2.37. The van der Waals surface area contributed by atoms with E-state index < -0.39 is 0 Å². The largest absolute Gasteiger partial charge is 0.399 e. The second-order valence-corrected chi connectivity index (χ2v) is 5.11. The molecule has 6 nitrogen and oxygen atoms in total. The number of hydrogen-bond donors (Lipinski definition) is 3. The topological polar surface area (TPSA) is 101 Å². The van der Waals surface area contributed by atoms with Crippen LogP contribution in [0.5, 0.6) is 0 Å². The summed E-state index contributed by atoms with van der Waals surface area (Å²) < 4.78 is 0. The van der Waals surface area contributed by atoms with Gasteiger partial charge in [-0.2, -0.15) is 0 Å². The molecule has 1 atom stereocenters. The summed E-state index contributed by atoms with van der Waals surface area (Å²) in [6.07, 6.45) is 1.17. The standard InChI is InChI=1S/C14H20N4O2/c15-11-2-1-3-12(8-11)17-13(19)5-7-18-6-4-10(9-18)14(16)20/h1-3,8,10H,4-7,9,15H2,(H2,16,20)(H,17,19). The van der Waals surface area contributed by atoms with Gasteiger partial charge in [0, 0.05) is 30.9 Å². The van der Waals surface area contributed by atoms with Crippen molar-refractivity contribution in [1.29, 1.82) is 0 Å². The SMILES string of the molecule is NC(=O)C1CCN(CCC(=O)Nc2cccc(N)c2)C1. The Bertz CT molecular complexity index is 504. The highest BCUT2D eigenvalue weighted by atomic mass is 16.2. The third-order valence-corrected chi connectivity index (χ3v) is 3.50. The highest BCUT2D eigenvalue weighted by molar-refractivity contribution is 5.91. The Morgan fingerprint density at radius 3 is 2.85 bits per heavy atom. The highest BCUT2D eigenvalue weighted by Gasteiger charge is 2.26. The molecule has 1 aromatic carbocycles. The van der Waals surface area contributed by atoms with Crippen molar-refractivity contribution in [1.82, 2.24) is 4.90 Å². The minimum Gasteiger partial charge on any atom is -0.399 e. The molecule has 6 heteroatoms. The van der Waals surface area contributed by atoms with Gasteiger partial charge in [-0.3, -0.25) is 9.59 Å². The molecule has 1 saturated heterocycles. The molecule has 1 unspecified atom stereocenters. The molecule has 2 amide bonds. The number of benzene rings is 1. The van der Waals surface area contributed by atoms with Crippen LogP contribution in [0, 0.1) is 5.92 Å². The predicted molar refractivity (Wildman–Crippen MR) is 77.8 cm³/mol. The summed E-state index contributed by atoms with van der Waals surface area (Å²) in [5.41, 5.74) is 12.2. The number of carbonyl (C=O) groups is 2. The van der Waals surface area contributed by atoms with Gasteiger partial charge in [0.1, 0.15) is 0 Å². The van der Waals surface area contributed by atoms with Gasteiger partial charge in [0.05, 0.1) is 5.92 Å². The lowest BCUT2D eigenvalue weighted by atomic mass is 10.1. The molecular formula is C14H20N4O2. The Kier molecular flexibility index (Phi) is 4.57. The van der Waals surface area contributed by atoms with Crippen LogP contribution < -0.4 is 16.8 Å². The maximum atomic E-state index is 11.8. The van der Waals surface area contributed by atoms with Crippen LogP contribution in [0.1, 0.15) is 12.8 Å². The second kappa shape index (κ2) is 6.38. The van der Waals surface area contributed by atoms with Gasteiger partial charge in [0.25, 0.3) is 0 Å². The maximum Gasteiger partial charge on any atom is 0.225 e. The van der Waals surface area contributed by atoms with E-state index >= 15 is 0 Å². The average Bonchev–Trinajstić information content (AvgIpc) is 2.85. The van der Waals surface area contributed by atoms with Crippen molar-refractivity contribution in [2.24, 2.45) is 11.7 Å². The van der Waals surface area contributed by atoms with Crippen LogP contribution in [-0.4, -0.2) is 36.3 Å². The number of nitrogens with zero attached hydrogens (tertiary/aromatic N) is 1. The Balaban J connectivity index is 1.75. The van der Waals surface area contributed by atoms with Crippen LogP contribution in [0.4, 0.5) is 11.4 Å². The number of primary amides is 1. The van der Waals surface area contributed by atoms with Crippen LogP contribution in [0.2, 0.25) is 0 Å². The lowest BCUT2D eigenvalue weighted by Gasteiger charge is -2.15. The molecule has 1 heterocycles. The number of rotatable bonds is 5. The lowest BCUT2D eigenvalue weighted by Crippen LogP contribution is -2.29. The molecule has 2 rings (SSSR count). The molecule has 20 heavy (non-hydrogen) atoms. The Morgan fingerprint density at radius 1 is 1.40 bits per heavy atom. The van der Waals surface area contributed by atoms with E-state index in [0.29, 0.717) is 30.9 Å². The van der Waals surface area contributed by atoms with Gasteiger partial charge < -0.3 is 21.7 Å². The van der Waals surface area contributed by atoms with Crippen LogP contribution in [0.25, 0.3) is 0 Å². The minimum absolute atomic E-state index is 0.0573. The zero-order chi connectivity index (χ0) is 14.5. The first-order valence-electron chi connectivity index (χ1n) is 6.71. The molecule has 1 aliphatic rings. The number of nitrogen functional groups attached to an aromatic ring is 1. The van der Waals surface area contributed by atoms with E-state index in [1.165, 1.54) is 0 Å². The van der Waals surface area contributed by atoms with E-state index in [1.807, 2.05) is 0 Å². The van der Waals surface area contributed by atoms with Gasteiger partial charge >= 0.3 is 0 Å². The molecule has 108 valence electrons. The number of anilines is 2. The van der Waals surface area contributed by atoms with Crippen LogP contribution in [0.15, 0.2) is 24.3 Å². The number of nitrogens with one attached hydrogen (secondary N) is 1. The summed E-state index contributed by atoms with van der Waals surface area (Å²) in [4.78, 5) is 25.0. The van der Waals surface area contributed by atoms with Gasteiger partial charge in [0.2, 0.25) is 11.8 Å². The van der Waals surface area contributed by atoms with Crippen molar-refractivity contribution in [3.63, 3.8) is 0 Å². The first-order chi connectivity index (χ1) is 9.54. The fraction of sp³-hybridized carbons (Fsp3) is 0.429. The molecule has 0 bridgehead atoms. The molecular weight excluding hydrogens is 256 g/mol. The quantitative estimate of drug-likeness (QED) is 0.678. The number of carbonyl (C=O) groups excluding carboxylic acids is 2. The molecule has 5 N–H and O–H groups in total. The molecule has 1 fully saturated rings. The normalized spacial score (nSPS) is 18.9. The van der Waals surface area contributed by atoms with Crippen molar-refractivity contribution < 1.29 is 9.59 Å². The van der Waals surface area contributed by atoms with Gasteiger partial charge in [-0.25, -0.2) is 0 Å². The van der Waals surface area contributed by atoms with E-state index in [4.69, 9.17) is 11.5 Å². The van der Waals surface area contributed by atoms with Crippen molar-refractivity contribution in [3.05, 3.63) is 24.3 Å². The van der Waals surface area contributed by atoms with Gasteiger partial charge in [-0.05, 0) is 31.2 Å². The number of nitrogens with two attached hydrogens (primary N) is 2. The second-order valence-electron chi connectivity index (χ2n) is 5.11. The van der Waals surface area contributed by atoms with E-state index in [0.717, 1.165) is 13.0 Å². The Morgan fingerprint density at radius 2 is 2.20 bits per heavy atom. The third-order valence-electron chi connectivity index (χ3n) is 3.50. The lowest BCUT2D eigenvalue weighted by molar-refractivity contribution is -0.121. The molecule has 0 aliphatic carbocycles. The first kappa shape index (κ1) is 14.3. The molecule has 0 spiro atoms. The van der Waals surface area contributed by atoms with Gasteiger partial charge in [0.15, 0.2) is 0 Å². The van der Waals surface area contributed by atoms with Crippen molar-refractivity contribution in [3.8, 4) is 0 Å². The van der Waals surface area contributed by atoms with E-state index in [2.05, 4.69) is 10.2 Å². The summed E-state index contributed by atoms with van der Waals surface area (Å²) in [5, 5.41) is 2.80. The smallest absolute Gasteiger partial charge is 0.225 e. The molecule has 0 saturated carbocycles. The van der Waals surface area contributed by atoms with Gasteiger partial charge in [-0.1, -0.05) is 6.07 Å². The summed E-state index contributed by atoms with van der Waals surface area (Å²) in [5.74, 6) is -0.387. The minimum atomic E-state index is -0.253. The van der Waals surface area contributed by atoms with Crippen LogP contribution >= 0.6 is 0 Å². The van der Waals surface area contributed by atoms with Gasteiger partial charge in [-0.15, -0.1) is 0 Å². The zero-order valence-corrected chi connectivity index (χ0v) is 11.3. The summed E-state index contributed by atoms with van der Waals surface area (Å²) in [6.45, 7) is 2.11. The average molecular weight is 276 g/mol. The molecule has 1 aliphatic heterocycles. The fourth-order valence-corrected chi connectivity index (χ4v) is 2.37. The van der Waals surface area contributed by atoms with E-state index in [9.17, 15) is 9.59 Å². The maximum absolute atomic E-state index is 11.8. The van der Waals surface area contributed by atoms with E-state index in [1.54, 1.807) is 24.3 Å². The van der Waals surface area contributed by atoms with Crippen molar-refractivity contribution in [2.75, 3.05) is 30.7 Å². The monoisotopic (exact) mass is 276 g/mol. The highest BCUT2D eigenvalue weighted by Crippen LogP contribution is 2.16. The van der Waals surface area contributed by atoms with Crippen LogP contribution in [0.3, 0.4) is 0 Å². The predicted octanol–water partition coefficient (Wildman–Crippen LogP) is 0.405. The number of hydrogen-bond acceptors (Lipinski definition) is 4. The number of likely N-dealkylation sites (tertiary alicyclic amines) is 1. The Labute approximate surface area is 118 Å². The third kappa shape index (κ3) is 3.96. The first-order valence-corrected chi connectivity index (χ1v) is 6.71. The molecule has 0 radical (unpaired) electrons. The van der Waals surface area contributed by atoms with Crippen LogP contribution in [-0.2, 0) is 9.59 Å². The summed E-state index contributed by atoms with van der Waals surface area (Å²) in [6, 6.07) is 7.08. The van der Waals surface area contributed by atoms with E-state index in [-0.39, 0.29) is 17.7 Å². The summed E-state index contributed by atoms with van der Waals surface area (Å²) in [7, 11) is 0. The molecule has 1 aromatic rings. The van der Waals surface area contributed by atoms with Crippen molar-refractivity contribution in [2.45, 2.75) is 12.8 Å². The number of amides is 2. The Hall–Kier alpha value is -2.08.